The minimum Gasteiger partial charge on any atom is -0.356 e. The van der Waals surface area contributed by atoms with Gasteiger partial charge in [0, 0.05) is 40.3 Å². The fraction of sp³-hybridized carbons (Fsp3) is 0.944. The van der Waals surface area contributed by atoms with Gasteiger partial charge in [0.05, 0.1) is 6.26 Å². The molecule has 0 aromatic carbocycles. The van der Waals surface area contributed by atoms with Gasteiger partial charge in [-0.3, -0.25) is 4.99 Å². The number of hydrogen-bond donors (Lipinski definition) is 1. The molecule has 154 valence electrons. The summed E-state index contributed by atoms with van der Waals surface area (Å²) in [4.78, 5) is 6.69. The highest BCUT2D eigenvalue weighted by atomic mass is 127. The van der Waals surface area contributed by atoms with E-state index in [1.54, 1.807) is 4.31 Å². The number of nitrogens with zero attached hydrogens (tertiary/aromatic N) is 3. The normalized spacial score (nSPS) is 26.2. The first-order valence-corrected chi connectivity index (χ1v) is 11.5. The van der Waals surface area contributed by atoms with E-state index in [0.29, 0.717) is 19.0 Å². The molecule has 1 aliphatic heterocycles. The van der Waals surface area contributed by atoms with Gasteiger partial charge in [0.25, 0.3) is 0 Å². The number of aliphatic imine (C=N–C) groups is 1. The Bertz CT molecular complexity index is 539. The molecule has 6 nitrogen and oxygen atoms in total. The SMILES string of the molecule is CN=C(NCC1CCN(S(C)(=O)=O)CC1)N(C)CC1CCC(C)CC1.I. The van der Waals surface area contributed by atoms with Gasteiger partial charge in [-0.05, 0) is 43.4 Å². The van der Waals surface area contributed by atoms with Gasteiger partial charge in [-0.1, -0.05) is 19.8 Å². The fourth-order valence-electron chi connectivity index (χ4n) is 4.05. The Balaban J connectivity index is 0.00000338. The van der Waals surface area contributed by atoms with Crippen molar-refractivity contribution in [2.24, 2.45) is 22.7 Å². The lowest BCUT2D eigenvalue weighted by molar-refractivity contribution is 0.247. The van der Waals surface area contributed by atoms with Crippen LogP contribution in [0, 0.1) is 17.8 Å². The second kappa shape index (κ2) is 11.0. The van der Waals surface area contributed by atoms with Crippen molar-refractivity contribution in [1.82, 2.24) is 14.5 Å². The number of piperidine rings is 1. The van der Waals surface area contributed by atoms with Gasteiger partial charge in [-0.25, -0.2) is 12.7 Å². The number of rotatable bonds is 5. The first-order chi connectivity index (χ1) is 11.8. The molecule has 1 aliphatic carbocycles. The first-order valence-electron chi connectivity index (χ1n) is 9.66. The van der Waals surface area contributed by atoms with E-state index in [4.69, 9.17) is 0 Å². The van der Waals surface area contributed by atoms with Gasteiger partial charge in [0.2, 0.25) is 10.0 Å². The third-order valence-corrected chi connectivity index (χ3v) is 7.14. The van der Waals surface area contributed by atoms with Crippen LogP contribution in [-0.2, 0) is 10.0 Å². The summed E-state index contributed by atoms with van der Waals surface area (Å²) in [6.07, 6.45) is 8.49. The van der Waals surface area contributed by atoms with Crippen LogP contribution in [0.15, 0.2) is 4.99 Å². The average Bonchev–Trinajstić information content (AvgIpc) is 2.57. The van der Waals surface area contributed by atoms with Crippen molar-refractivity contribution in [2.45, 2.75) is 45.4 Å². The van der Waals surface area contributed by atoms with Crippen molar-refractivity contribution in [3.05, 3.63) is 0 Å². The van der Waals surface area contributed by atoms with E-state index in [1.165, 1.54) is 31.9 Å². The lowest BCUT2D eigenvalue weighted by Crippen LogP contribution is -2.45. The van der Waals surface area contributed by atoms with Crippen molar-refractivity contribution in [1.29, 1.82) is 0 Å². The summed E-state index contributed by atoms with van der Waals surface area (Å²) >= 11 is 0. The highest BCUT2D eigenvalue weighted by Gasteiger charge is 2.25. The summed E-state index contributed by atoms with van der Waals surface area (Å²) in [5.74, 6) is 3.14. The summed E-state index contributed by atoms with van der Waals surface area (Å²) in [7, 11) is 0.928. The van der Waals surface area contributed by atoms with E-state index in [2.05, 4.69) is 29.2 Å². The third kappa shape index (κ3) is 7.50. The summed E-state index contributed by atoms with van der Waals surface area (Å²) in [5.41, 5.74) is 0. The summed E-state index contributed by atoms with van der Waals surface area (Å²) in [6.45, 7) is 5.57. The molecule has 1 saturated heterocycles. The number of halogens is 1. The third-order valence-electron chi connectivity index (χ3n) is 5.83. The molecule has 1 N–H and O–H groups in total. The summed E-state index contributed by atoms with van der Waals surface area (Å²) < 4.78 is 24.8. The lowest BCUT2D eigenvalue weighted by atomic mass is 9.83. The van der Waals surface area contributed by atoms with Gasteiger partial charge < -0.3 is 10.2 Å². The van der Waals surface area contributed by atoms with Crippen molar-refractivity contribution in [3.8, 4) is 0 Å². The monoisotopic (exact) mass is 500 g/mol. The highest BCUT2D eigenvalue weighted by molar-refractivity contribution is 14.0. The van der Waals surface area contributed by atoms with Crippen LogP contribution in [0.4, 0.5) is 0 Å². The van der Waals surface area contributed by atoms with Crippen molar-refractivity contribution < 1.29 is 8.42 Å². The number of nitrogens with one attached hydrogen (secondary N) is 1. The zero-order valence-corrected chi connectivity index (χ0v) is 19.9. The molecule has 2 aliphatic rings. The maximum atomic E-state index is 11.6. The predicted octanol–water partition coefficient (Wildman–Crippen LogP) is 2.61. The molecule has 0 bridgehead atoms. The van der Waals surface area contributed by atoms with Crippen molar-refractivity contribution in [2.75, 3.05) is 46.5 Å². The van der Waals surface area contributed by atoms with E-state index in [1.807, 2.05) is 7.05 Å². The van der Waals surface area contributed by atoms with Crippen LogP contribution >= 0.6 is 24.0 Å². The minimum absolute atomic E-state index is 0. The molecule has 0 aromatic heterocycles. The van der Waals surface area contributed by atoms with Gasteiger partial charge >= 0.3 is 0 Å². The van der Waals surface area contributed by atoms with Crippen LogP contribution in [0.3, 0.4) is 0 Å². The zero-order chi connectivity index (χ0) is 18.4. The predicted molar refractivity (Wildman–Crippen MR) is 120 cm³/mol. The fourth-order valence-corrected chi connectivity index (χ4v) is 4.92. The molecule has 8 heteroatoms. The molecule has 26 heavy (non-hydrogen) atoms. The number of sulfonamides is 1. The van der Waals surface area contributed by atoms with E-state index in [0.717, 1.165) is 43.7 Å². The second-order valence-corrected chi connectivity index (χ2v) is 10.0. The number of guanidine groups is 1. The average molecular weight is 500 g/mol. The first kappa shape index (κ1) is 23.9. The van der Waals surface area contributed by atoms with Crippen molar-refractivity contribution in [3.63, 3.8) is 0 Å². The minimum atomic E-state index is -3.04. The van der Waals surface area contributed by atoms with E-state index in [-0.39, 0.29) is 24.0 Å². The molecule has 1 heterocycles. The van der Waals surface area contributed by atoms with Crippen LogP contribution in [0.1, 0.15) is 45.4 Å². The Morgan fingerprint density at radius 1 is 1.12 bits per heavy atom. The number of hydrogen-bond acceptors (Lipinski definition) is 3. The van der Waals surface area contributed by atoms with Crippen LogP contribution < -0.4 is 5.32 Å². The van der Waals surface area contributed by atoms with Crippen LogP contribution in [-0.4, -0.2) is 70.1 Å². The molecule has 0 radical (unpaired) electrons. The Hall–Kier alpha value is -0.0900. The second-order valence-electron chi connectivity index (χ2n) is 8.04. The van der Waals surface area contributed by atoms with Gasteiger partial charge in [0.15, 0.2) is 5.96 Å². The summed E-state index contributed by atoms with van der Waals surface area (Å²) in [6, 6.07) is 0. The molecule has 2 fully saturated rings. The van der Waals surface area contributed by atoms with E-state index >= 15 is 0 Å². The molecule has 0 atom stereocenters. The molecule has 0 unspecified atom stereocenters. The largest absolute Gasteiger partial charge is 0.356 e. The summed E-state index contributed by atoms with van der Waals surface area (Å²) in [5, 5.41) is 3.50. The Morgan fingerprint density at radius 3 is 2.19 bits per heavy atom. The van der Waals surface area contributed by atoms with Crippen LogP contribution in [0.2, 0.25) is 0 Å². The van der Waals surface area contributed by atoms with Crippen LogP contribution in [0.5, 0.6) is 0 Å². The molecular weight excluding hydrogens is 463 g/mol. The van der Waals surface area contributed by atoms with Gasteiger partial charge in [-0.15, -0.1) is 24.0 Å². The Morgan fingerprint density at radius 2 is 1.69 bits per heavy atom. The van der Waals surface area contributed by atoms with E-state index in [9.17, 15) is 8.42 Å². The lowest BCUT2D eigenvalue weighted by Gasteiger charge is -2.33. The molecule has 2 rings (SSSR count). The molecule has 1 saturated carbocycles. The maximum Gasteiger partial charge on any atom is 0.211 e. The molecule has 0 amide bonds. The standard InChI is InChI=1S/C18H36N4O2S.HI/c1-15-5-7-17(8-6-15)14-21(3)18(19-2)20-13-16-9-11-22(12-10-16)25(4,23)24;/h15-17H,5-14H2,1-4H3,(H,19,20);1H. The van der Waals surface area contributed by atoms with E-state index < -0.39 is 10.0 Å². The Labute approximate surface area is 177 Å². The smallest absolute Gasteiger partial charge is 0.211 e. The highest BCUT2D eigenvalue weighted by Crippen LogP contribution is 2.28. The van der Waals surface area contributed by atoms with Gasteiger partial charge in [-0.2, -0.15) is 0 Å². The molecule has 0 spiro atoms. The quantitative estimate of drug-likeness (QED) is 0.358. The Kier molecular flexibility index (Phi) is 10.2. The maximum absolute atomic E-state index is 11.6. The molecular formula is C18H37IN4O2S. The van der Waals surface area contributed by atoms with Crippen molar-refractivity contribution >= 4 is 40.0 Å². The topological polar surface area (TPSA) is 65.0 Å². The van der Waals surface area contributed by atoms with Crippen LogP contribution in [0.25, 0.3) is 0 Å². The zero-order valence-electron chi connectivity index (χ0n) is 16.8. The molecule has 0 aromatic rings. The van der Waals surface area contributed by atoms with Gasteiger partial charge in [0.1, 0.15) is 0 Å².